The highest BCUT2D eigenvalue weighted by Crippen LogP contribution is 2.32. The summed E-state index contributed by atoms with van der Waals surface area (Å²) in [5, 5.41) is 0. The molecule has 3 rings (SSSR count). The molecule has 5 nitrogen and oxygen atoms in total. The summed E-state index contributed by atoms with van der Waals surface area (Å²) in [5.41, 5.74) is 7.21. The van der Waals surface area contributed by atoms with Crippen LogP contribution in [0.4, 0.5) is 0 Å². The fraction of sp³-hybridized carbons (Fsp3) is 0.600. The van der Waals surface area contributed by atoms with E-state index in [2.05, 4.69) is 13.8 Å². The lowest BCUT2D eigenvalue weighted by molar-refractivity contribution is -0.139. The third kappa shape index (κ3) is 3.56. The third-order valence-electron chi connectivity index (χ3n) is 5.88. The van der Waals surface area contributed by atoms with Crippen molar-refractivity contribution < 1.29 is 9.59 Å². The molecule has 0 bridgehead atoms. The predicted molar refractivity (Wildman–Crippen MR) is 97.6 cm³/mol. The number of carbonyl (C=O) groups is 2. The molecule has 136 valence electrons. The molecule has 2 aliphatic rings. The standard InChI is InChI=1S/C20H29N3O2/c1-14(15-7-5-4-6-8-15)23-12-16(11-18(23)24)19(25)22-10-9-17(21)20(2,3)13-22/h4-8,14,16-17H,9-13,21H2,1-3H3. The van der Waals surface area contributed by atoms with Crippen LogP contribution in [-0.4, -0.2) is 47.3 Å². The van der Waals surface area contributed by atoms with E-state index in [1.807, 2.05) is 47.1 Å². The first kappa shape index (κ1) is 17.9. The number of nitrogens with zero attached hydrogens (tertiary/aromatic N) is 2. The van der Waals surface area contributed by atoms with Crippen molar-refractivity contribution >= 4 is 11.8 Å². The van der Waals surface area contributed by atoms with Gasteiger partial charge in [0, 0.05) is 32.1 Å². The van der Waals surface area contributed by atoms with Gasteiger partial charge >= 0.3 is 0 Å². The molecule has 0 aliphatic carbocycles. The molecule has 5 heteroatoms. The highest BCUT2D eigenvalue weighted by Gasteiger charge is 2.42. The van der Waals surface area contributed by atoms with Crippen LogP contribution < -0.4 is 5.73 Å². The molecule has 2 fully saturated rings. The molecule has 2 N–H and O–H groups in total. The van der Waals surface area contributed by atoms with Crippen molar-refractivity contribution in [3.63, 3.8) is 0 Å². The number of hydrogen-bond acceptors (Lipinski definition) is 3. The number of rotatable bonds is 3. The molecular weight excluding hydrogens is 314 g/mol. The summed E-state index contributed by atoms with van der Waals surface area (Å²) in [6, 6.07) is 10.1. The third-order valence-corrected chi connectivity index (χ3v) is 5.88. The molecular formula is C20H29N3O2. The van der Waals surface area contributed by atoms with Crippen LogP contribution in [0.3, 0.4) is 0 Å². The highest BCUT2D eigenvalue weighted by molar-refractivity contribution is 5.89. The number of hydrogen-bond donors (Lipinski definition) is 1. The maximum absolute atomic E-state index is 13.0. The maximum Gasteiger partial charge on any atom is 0.228 e. The molecule has 3 unspecified atom stereocenters. The van der Waals surface area contributed by atoms with Crippen LogP contribution in [0.1, 0.15) is 45.2 Å². The minimum absolute atomic E-state index is 0.00211. The number of nitrogens with two attached hydrogens (primary N) is 1. The molecule has 2 aliphatic heterocycles. The van der Waals surface area contributed by atoms with Gasteiger partial charge in [0.15, 0.2) is 0 Å². The van der Waals surface area contributed by atoms with E-state index in [1.54, 1.807) is 0 Å². The lowest BCUT2D eigenvalue weighted by atomic mass is 9.79. The number of piperidine rings is 1. The molecule has 1 aromatic rings. The number of amides is 2. The van der Waals surface area contributed by atoms with Gasteiger partial charge in [-0.15, -0.1) is 0 Å². The van der Waals surface area contributed by atoms with Gasteiger partial charge in [-0.25, -0.2) is 0 Å². The smallest absolute Gasteiger partial charge is 0.228 e. The van der Waals surface area contributed by atoms with Crippen LogP contribution in [0.15, 0.2) is 30.3 Å². The molecule has 3 atom stereocenters. The zero-order valence-electron chi connectivity index (χ0n) is 15.4. The minimum atomic E-state index is -0.233. The van der Waals surface area contributed by atoms with Gasteiger partial charge in [-0.2, -0.15) is 0 Å². The van der Waals surface area contributed by atoms with Gasteiger partial charge in [0.05, 0.1) is 12.0 Å². The Morgan fingerprint density at radius 2 is 1.96 bits per heavy atom. The van der Waals surface area contributed by atoms with Crippen molar-refractivity contribution in [2.45, 2.75) is 45.7 Å². The Hall–Kier alpha value is -1.88. The van der Waals surface area contributed by atoms with E-state index in [-0.39, 0.29) is 35.2 Å². The summed E-state index contributed by atoms with van der Waals surface area (Å²) in [6.45, 7) is 8.13. The van der Waals surface area contributed by atoms with Crippen LogP contribution in [0.2, 0.25) is 0 Å². The van der Waals surface area contributed by atoms with E-state index in [4.69, 9.17) is 5.73 Å². The monoisotopic (exact) mass is 343 g/mol. The second-order valence-corrected chi connectivity index (χ2v) is 8.18. The van der Waals surface area contributed by atoms with Crippen molar-refractivity contribution in [1.29, 1.82) is 0 Å². The van der Waals surface area contributed by atoms with Gasteiger partial charge in [0.25, 0.3) is 0 Å². The molecule has 0 aromatic heterocycles. The lowest BCUT2D eigenvalue weighted by Gasteiger charge is -2.43. The fourth-order valence-corrected chi connectivity index (χ4v) is 4.00. The van der Waals surface area contributed by atoms with E-state index in [1.165, 1.54) is 0 Å². The van der Waals surface area contributed by atoms with Crippen LogP contribution in [-0.2, 0) is 9.59 Å². The first-order valence-electron chi connectivity index (χ1n) is 9.18. The van der Waals surface area contributed by atoms with Gasteiger partial charge < -0.3 is 15.5 Å². The number of likely N-dealkylation sites (tertiary alicyclic amines) is 2. The molecule has 2 saturated heterocycles. The second-order valence-electron chi connectivity index (χ2n) is 8.18. The summed E-state index contributed by atoms with van der Waals surface area (Å²) in [4.78, 5) is 29.2. The van der Waals surface area contributed by atoms with Gasteiger partial charge in [-0.3, -0.25) is 9.59 Å². The van der Waals surface area contributed by atoms with E-state index in [9.17, 15) is 9.59 Å². The van der Waals surface area contributed by atoms with Crippen LogP contribution in [0, 0.1) is 11.3 Å². The Bertz CT molecular complexity index is 644. The number of benzene rings is 1. The Morgan fingerprint density at radius 3 is 2.60 bits per heavy atom. The SMILES string of the molecule is CC(c1ccccc1)N1CC(C(=O)N2CCC(N)C(C)(C)C2)CC1=O. The predicted octanol–water partition coefficient (Wildman–Crippen LogP) is 2.18. The van der Waals surface area contributed by atoms with Crippen LogP contribution >= 0.6 is 0 Å². The molecule has 2 heterocycles. The minimum Gasteiger partial charge on any atom is -0.342 e. The summed E-state index contributed by atoms with van der Waals surface area (Å²) in [5.74, 6) is -0.0532. The van der Waals surface area contributed by atoms with Gasteiger partial charge in [0.1, 0.15) is 0 Å². The maximum atomic E-state index is 13.0. The van der Waals surface area contributed by atoms with Crippen molar-refractivity contribution in [2.75, 3.05) is 19.6 Å². The van der Waals surface area contributed by atoms with Crippen molar-refractivity contribution in [1.82, 2.24) is 9.80 Å². The fourth-order valence-electron chi connectivity index (χ4n) is 4.00. The average molecular weight is 343 g/mol. The second kappa shape index (κ2) is 6.79. The van der Waals surface area contributed by atoms with Gasteiger partial charge in [-0.05, 0) is 24.3 Å². The molecule has 25 heavy (non-hydrogen) atoms. The average Bonchev–Trinajstić information content (AvgIpc) is 2.98. The summed E-state index contributed by atoms with van der Waals surface area (Å²) >= 11 is 0. The summed E-state index contributed by atoms with van der Waals surface area (Å²) in [7, 11) is 0. The Balaban J connectivity index is 1.67. The topological polar surface area (TPSA) is 66.6 Å². The highest BCUT2D eigenvalue weighted by atomic mass is 16.2. The van der Waals surface area contributed by atoms with Crippen molar-refractivity contribution in [3.05, 3.63) is 35.9 Å². The van der Waals surface area contributed by atoms with E-state index in [0.29, 0.717) is 26.1 Å². The quantitative estimate of drug-likeness (QED) is 0.915. The first-order chi connectivity index (χ1) is 11.8. The van der Waals surface area contributed by atoms with E-state index in [0.717, 1.165) is 12.0 Å². The largest absolute Gasteiger partial charge is 0.342 e. The van der Waals surface area contributed by atoms with Crippen LogP contribution in [0.25, 0.3) is 0 Å². The summed E-state index contributed by atoms with van der Waals surface area (Å²) in [6.07, 6.45) is 1.14. The zero-order valence-corrected chi connectivity index (χ0v) is 15.4. The Morgan fingerprint density at radius 1 is 1.28 bits per heavy atom. The molecule has 2 amide bonds. The Labute approximate surface area is 150 Å². The van der Waals surface area contributed by atoms with E-state index >= 15 is 0 Å². The normalized spacial score (nSPS) is 27.4. The van der Waals surface area contributed by atoms with E-state index < -0.39 is 0 Å². The van der Waals surface area contributed by atoms with Crippen molar-refractivity contribution in [2.24, 2.45) is 17.1 Å². The summed E-state index contributed by atoms with van der Waals surface area (Å²) < 4.78 is 0. The first-order valence-corrected chi connectivity index (χ1v) is 9.18. The van der Waals surface area contributed by atoms with Gasteiger partial charge in [0.2, 0.25) is 11.8 Å². The van der Waals surface area contributed by atoms with Crippen LogP contribution in [0.5, 0.6) is 0 Å². The lowest BCUT2D eigenvalue weighted by Crippen LogP contribution is -2.55. The molecule has 0 spiro atoms. The molecule has 0 radical (unpaired) electrons. The van der Waals surface area contributed by atoms with Gasteiger partial charge in [-0.1, -0.05) is 44.2 Å². The zero-order chi connectivity index (χ0) is 18.2. The Kier molecular flexibility index (Phi) is 4.87. The molecule has 0 saturated carbocycles. The molecule has 1 aromatic carbocycles. The number of carbonyl (C=O) groups excluding carboxylic acids is 2. The van der Waals surface area contributed by atoms with Crippen molar-refractivity contribution in [3.8, 4) is 0 Å².